The van der Waals surface area contributed by atoms with Crippen molar-refractivity contribution >= 4 is 39.0 Å². The van der Waals surface area contributed by atoms with Crippen LogP contribution in [0.1, 0.15) is 29.4 Å². The molecule has 0 unspecified atom stereocenters. The molecule has 0 saturated carbocycles. The summed E-state index contributed by atoms with van der Waals surface area (Å²) in [5.74, 6) is -5.72. The van der Waals surface area contributed by atoms with Gasteiger partial charge in [0, 0.05) is 43.4 Å². The van der Waals surface area contributed by atoms with Crippen molar-refractivity contribution in [3.8, 4) is 0 Å². The Labute approximate surface area is 190 Å². The zero-order valence-electron chi connectivity index (χ0n) is 16.8. The quantitative estimate of drug-likeness (QED) is 0.604. The number of aromatic nitrogens is 2. The van der Waals surface area contributed by atoms with Gasteiger partial charge >= 0.3 is 6.18 Å². The van der Waals surface area contributed by atoms with Crippen LogP contribution in [0.5, 0.6) is 0 Å². The first-order valence-corrected chi connectivity index (χ1v) is 11.2. The number of alkyl halides is 5. The third-order valence-electron chi connectivity index (χ3n) is 4.98. The number of carbonyl (C=O) groups is 1. The number of carbonyl (C=O) groups excluding carboxylic acids is 1. The summed E-state index contributed by atoms with van der Waals surface area (Å²) in [7, 11) is -4.20. The number of sulfonamides is 1. The van der Waals surface area contributed by atoms with Crippen molar-refractivity contribution < 1.29 is 35.2 Å². The van der Waals surface area contributed by atoms with Crippen molar-refractivity contribution in [2.75, 3.05) is 23.3 Å². The van der Waals surface area contributed by atoms with Crippen molar-refractivity contribution in [1.29, 1.82) is 0 Å². The minimum atomic E-state index is -4.96. The number of anilines is 2. The number of rotatable bonds is 4. The highest BCUT2D eigenvalue weighted by atomic mass is 35.5. The second kappa shape index (κ2) is 8.65. The predicted octanol–water partition coefficient (Wildman–Crippen LogP) is 3.53. The number of piperidine rings is 1. The molecule has 1 saturated heterocycles. The summed E-state index contributed by atoms with van der Waals surface area (Å²) < 4.78 is 90.8. The Morgan fingerprint density at radius 2 is 2.00 bits per heavy atom. The number of pyridine rings is 2. The lowest BCUT2D eigenvalue weighted by atomic mass is 9.95. The van der Waals surface area contributed by atoms with Gasteiger partial charge in [-0.3, -0.25) is 4.79 Å². The molecule has 1 amide bonds. The van der Waals surface area contributed by atoms with Crippen molar-refractivity contribution in [2.45, 2.75) is 30.5 Å². The molecule has 8 nitrogen and oxygen atoms in total. The number of halogens is 6. The number of nitrogens with zero attached hydrogens (tertiary/aromatic N) is 3. The molecule has 0 bridgehead atoms. The van der Waals surface area contributed by atoms with Crippen molar-refractivity contribution in [3.05, 3.63) is 40.7 Å². The highest BCUT2D eigenvalue weighted by Crippen LogP contribution is 2.39. The molecule has 33 heavy (non-hydrogen) atoms. The van der Waals surface area contributed by atoms with Crippen molar-refractivity contribution in [3.63, 3.8) is 0 Å². The second-order valence-corrected chi connectivity index (χ2v) is 9.34. The number of hydrogen-bond acceptors (Lipinski definition) is 6. The van der Waals surface area contributed by atoms with Gasteiger partial charge in [-0.15, -0.1) is 0 Å². The Kier molecular flexibility index (Phi) is 6.56. The Morgan fingerprint density at radius 1 is 1.33 bits per heavy atom. The largest absolute Gasteiger partial charge is 0.434 e. The molecule has 1 aliphatic heterocycles. The molecule has 1 fully saturated rings. The van der Waals surface area contributed by atoms with Crippen LogP contribution in [-0.2, 0) is 16.2 Å². The lowest BCUT2D eigenvalue weighted by Crippen LogP contribution is -2.47. The molecule has 180 valence electrons. The van der Waals surface area contributed by atoms with Crippen LogP contribution in [0.2, 0.25) is 5.02 Å². The maximum atomic E-state index is 13.9. The number of primary sulfonamides is 1. The van der Waals surface area contributed by atoms with Crippen LogP contribution in [0.25, 0.3) is 0 Å². The predicted molar refractivity (Wildman–Crippen MR) is 109 cm³/mol. The molecule has 1 aliphatic rings. The van der Waals surface area contributed by atoms with Gasteiger partial charge in [-0.1, -0.05) is 18.5 Å². The zero-order chi connectivity index (χ0) is 24.8. The van der Waals surface area contributed by atoms with E-state index in [2.05, 4.69) is 15.3 Å². The highest BCUT2D eigenvalue weighted by molar-refractivity contribution is 7.89. The second-order valence-electron chi connectivity index (χ2n) is 7.43. The van der Waals surface area contributed by atoms with Gasteiger partial charge in [-0.25, -0.2) is 32.3 Å². The first-order valence-electron chi connectivity index (χ1n) is 9.30. The van der Waals surface area contributed by atoms with Crippen molar-refractivity contribution in [2.24, 2.45) is 11.1 Å². The molecular formula is C18H17ClF5N5O3S. The van der Waals surface area contributed by atoms with E-state index in [1.54, 1.807) is 0 Å². The highest BCUT2D eigenvalue weighted by Gasteiger charge is 2.43. The Balaban J connectivity index is 2.04. The van der Waals surface area contributed by atoms with Crippen LogP contribution in [0.3, 0.4) is 0 Å². The molecule has 15 heteroatoms. The van der Waals surface area contributed by atoms with Crippen LogP contribution in [0, 0.1) is 5.92 Å². The van der Waals surface area contributed by atoms with E-state index in [0.717, 1.165) is 23.2 Å². The summed E-state index contributed by atoms with van der Waals surface area (Å²) in [4.78, 5) is 21.1. The van der Waals surface area contributed by atoms with Crippen LogP contribution >= 0.6 is 11.6 Å². The number of amides is 1. The molecule has 3 rings (SSSR count). The van der Waals surface area contributed by atoms with Crippen LogP contribution in [0.15, 0.2) is 29.4 Å². The summed E-state index contributed by atoms with van der Waals surface area (Å²) >= 11 is 5.72. The van der Waals surface area contributed by atoms with E-state index in [-0.39, 0.29) is 18.8 Å². The lowest BCUT2D eigenvalue weighted by molar-refractivity contribution is -0.141. The Hall–Kier alpha value is -2.58. The van der Waals surface area contributed by atoms with E-state index in [1.807, 2.05) is 0 Å². The summed E-state index contributed by atoms with van der Waals surface area (Å²) in [6, 6.07) is 2.89. The SMILES string of the molecule is C[C@@H]1CN(c2nc(C(F)(F)F)c(Cl)cc2C(=O)Nc2ccnc(S(N)(=O)=O)c2)CCC1(F)F. The number of nitrogens with two attached hydrogens (primary N) is 1. The van der Waals surface area contributed by atoms with Gasteiger partial charge in [0.05, 0.1) is 10.6 Å². The van der Waals surface area contributed by atoms with Gasteiger partial charge in [0.25, 0.3) is 21.9 Å². The maximum absolute atomic E-state index is 13.9. The van der Waals surface area contributed by atoms with Gasteiger partial charge in [-0.05, 0) is 12.1 Å². The average molecular weight is 514 g/mol. The summed E-state index contributed by atoms with van der Waals surface area (Å²) in [5, 5.41) is 5.88. The molecular weight excluding hydrogens is 497 g/mol. The van der Waals surface area contributed by atoms with Crippen LogP contribution < -0.4 is 15.4 Å². The van der Waals surface area contributed by atoms with Crippen LogP contribution in [-0.4, -0.2) is 43.3 Å². The molecule has 1 atom stereocenters. The van der Waals surface area contributed by atoms with E-state index >= 15 is 0 Å². The molecule has 2 aromatic heterocycles. The number of nitrogens with one attached hydrogen (secondary N) is 1. The van der Waals surface area contributed by atoms with Gasteiger partial charge in [-0.2, -0.15) is 13.2 Å². The summed E-state index contributed by atoms with van der Waals surface area (Å²) in [6.07, 6.45) is -4.56. The molecule has 3 heterocycles. The average Bonchev–Trinajstić information content (AvgIpc) is 2.68. The first-order chi connectivity index (χ1) is 15.1. The first kappa shape index (κ1) is 25.1. The fraction of sp³-hybridized carbons (Fsp3) is 0.389. The fourth-order valence-electron chi connectivity index (χ4n) is 3.21. The van der Waals surface area contributed by atoms with Crippen molar-refractivity contribution in [1.82, 2.24) is 9.97 Å². The number of hydrogen-bond donors (Lipinski definition) is 2. The monoisotopic (exact) mass is 513 g/mol. The summed E-state index contributed by atoms with van der Waals surface area (Å²) in [6.45, 7) is 0.524. The van der Waals surface area contributed by atoms with Gasteiger partial charge in [0.1, 0.15) is 5.82 Å². The molecule has 0 aromatic carbocycles. The molecule has 2 aromatic rings. The zero-order valence-corrected chi connectivity index (χ0v) is 18.4. The van der Waals surface area contributed by atoms with E-state index in [1.165, 1.54) is 13.0 Å². The van der Waals surface area contributed by atoms with E-state index in [4.69, 9.17) is 16.7 Å². The normalized spacial score (nSPS) is 18.8. The van der Waals surface area contributed by atoms with E-state index < -0.39 is 67.5 Å². The maximum Gasteiger partial charge on any atom is 0.434 e. The summed E-state index contributed by atoms with van der Waals surface area (Å²) in [5.41, 5.74) is -1.97. The minimum Gasteiger partial charge on any atom is -0.355 e. The van der Waals surface area contributed by atoms with Gasteiger partial charge in [0.15, 0.2) is 10.7 Å². The molecule has 0 aliphatic carbocycles. The van der Waals surface area contributed by atoms with Gasteiger partial charge in [0.2, 0.25) is 0 Å². The fourth-order valence-corrected chi connectivity index (χ4v) is 3.96. The van der Waals surface area contributed by atoms with E-state index in [9.17, 15) is 35.2 Å². The van der Waals surface area contributed by atoms with Gasteiger partial charge < -0.3 is 10.2 Å². The molecule has 0 radical (unpaired) electrons. The Morgan fingerprint density at radius 3 is 2.58 bits per heavy atom. The molecule has 3 N–H and O–H groups in total. The third-order valence-corrected chi connectivity index (χ3v) is 6.08. The standard InChI is InChI=1S/C18H17ClF5N5O3S/c1-9-8-29(5-3-17(9,20)21)15-11(7-12(19)14(28-15)18(22,23)24)16(30)27-10-2-4-26-13(6-10)33(25,31)32/h2,4,6-7,9H,3,5,8H2,1H3,(H2,25,31,32)(H,26,27,30)/t9-/m1/s1. The van der Waals surface area contributed by atoms with Crippen LogP contribution in [0.4, 0.5) is 33.5 Å². The topological polar surface area (TPSA) is 118 Å². The minimum absolute atomic E-state index is 0.0838. The molecule has 0 spiro atoms. The Bertz CT molecular complexity index is 1190. The third kappa shape index (κ3) is 5.50. The smallest absolute Gasteiger partial charge is 0.355 e. The van der Waals surface area contributed by atoms with E-state index in [0.29, 0.717) is 0 Å². The lowest BCUT2D eigenvalue weighted by Gasteiger charge is -2.38.